The standard InChI is InChI=1S/C17H30N4S.HI/c1-14-6-5-8-17(10-14,21(3)4)13-20-16(18-2)19-11-15-7-9-22-12-15;/h7,9,12,14H,5-6,8,10-11,13H2,1-4H3,(H2,18,19,20);1H. The number of guanidine groups is 1. The number of halogens is 1. The van der Waals surface area contributed by atoms with Crippen LogP contribution in [0.15, 0.2) is 21.8 Å². The lowest BCUT2D eigenvalue weighted by Crippen LogP contribution is -2.56. The number of nitrogens with one attached hydrogen (secondary N) is 2. The van der Waals surface area contributed by atoms with E-state index in [1.165, 1.54) is 31.2 Å². The van der Waals surface area contributed by atoms with Crippen LogP contribution in [0.4, 0.5) is 0 Å². The molecule has 23 heavy (non-hydrogen) atoms. The highest BCUT2D eigenvalue weighted by Gasteiger charge is 2.36. The molecule has 2 unspecified atom stereocenters. The Hall–Kier alpha value is -0.340. The molecule has 0 spiro atoms. The van der Waals surface area contributed by atoms with E-state index in [9.17, 15) is 0 Å². The van der Waals surface area contributed by atoms with Crippen LogP contribution in [0.25, 0.3) is 0 Å². The molecule has 1 fully saturated rings. The van der Waals surface area contributed by atoms with Crippen LogP contribution in [-0.2, 0) is 6.54 Å². The second-order valence-corrected chi connectivity index (χ2v) is 7.51. The van der Waals surface area contributed by atoms with Crippen LogP contribution in [0, 0.1) is 5.92 Å². The topological polar surface area (TPSA) is 39.7 Å². The molecule has 1 saturated carbocycles. The molecule has 6 heteroatoms. The summed E-state index contributed by atoms with van der Waals surface area (Å²) in [6.07, 6.45) is 5.20. The maximum Gasteiger partial charge on any atom is 0.191 e. The first-order valence-corrected chi connectivity index (χ1v) is 9.13. The lowest BCUT2D eigenvalue weighted by Gasteiger charge is -2.45. The van der Waals surface area contributed by atoms with E-state index in [1.807, 2.05) is 7.05 Å². The largest absolute Gasteiger partial charge is 0.355 e. The van der Waals surface area contributed by atoms with Gasteiger partial charge in [-0.1, -0.05) is 19.8 Å². The van der Waals surface area contributed by atoms with Crippen molar-refractivity contribution >= 4 is 41.3 Å². The average Bonchev–Trinajstić information content (AvgIpc) is 3.00. The van der Waals surface area contributed by atoms with Gasteiger partial charge in [0, 0.05) is 25.7 Å². The second kappa shape index (κ2) is 9.84. The fraction of sp³-hybridized carbons (Fsp3) is 0.706. The minimum atomic E-state index is 0. The van der Waals surface area contributed by atoms with E-state index >= 15 is 0 Å². The van der Waals surface area contributed by atoms with Gasteiger partial charge >= 0.3 is 0 Å². The summed E-state index contributed by atoms with van der Waals surface area (Å²) in [6, 6.07) is 2.15. The Morgan fingerprint density at radius 1 is 1.43 bits per heavy atom. The first-order chi connectivity index (χ1) is 10.6. The zero-order chi connectivity index (χ0) is 16.0. The summed E-state index contributed by atoms with van der Waals surface area (Å²) in [5.41, 5.74) is 1.55. The third-order valence-corrected chi connectivity index (χ3v) is 5.60. The summed E-state index contributed by atoms with van der Waals surface area (Å²) < 4.78 is 0. The summed E-state index contributed by atoms with van der Waals surface area (Å²) in [4.78, 5) is 6.77. The molecule has 0 radical (unpaired) electrons. The molecular weight excluding hydrogens is 419 g/mol. The lowest BCUT2D eigenvalue weighted by atomic mass is 9.75. The lowest BCUT2D eigenvalue weighted by molar-refractivity contribution is 0.0795. The Kier molecular flexibility index (Phi) is 8.85. The van der Waals surface area contributed by atoms with Crippen LogP contribution in [0.2, 0.25) is 0 Å². The van der Waals surface area contributed by atoms with Crippen molar-refractivity contribution in [2.24, 2.45) is 10.9 Å². The molecule has 1 aliphatic carbocycles. The molecule has 1 aromatic rings. The van der Waals surface area contributed by atoms with Gasteiger partial charge in [-0.15, -0.1) is 24.0 Å². The summed E-state index contributed by atoms with van der Waals surface area (Å²) in [6.45, 7) is 4.16. The smallest absolute Gasteiger partial charge is 0.191 e. The monoisotopic (exact) mass is 450 g/mol. The van der Waals surface area contributed by atoms with Crippen LogP contribution in [0.3, 0.4) is 0 Å². The molecule has 2 rings (SSSR count). The zero-order valence-corrected chi connectivity index (χ0v) is 17.9. The Labute approximate surface area is 162 Å². The number of nitrogens with zero attached hydrogens (tertiary/aromatic N) is 2. The van der Waals surface area contributed by atoms with Crippen molar-refractivity contribution in [3.05, 3.63) is 22.4 Å². The number of hydrogen-bond donors (Lipinski definition) is 2. The predicted octanol–water partition coefficient (Wildman–Crippen LogP) is 3.54. The van der Waals surface area contributed by atoms with Gasteiger partial charge in [-0.25, -0.2) is 0 Å². The Balaban J connectivity index is 0.00000264. The summed E-state index contributed by atoms with van der Waals surface area (Å²) in [7, 11) is 6.26. The van der Waals surface area contributed by atoms with Crippen molar-refractivity contribution < 1.29 is 0 Å². The highest BCUT2D eigenvalue weighted by molar-refractivity contribution is 14.0. The van der Waals surface area contributed by atoms with Crippen LogP contribution >= 0.6 is 35.3 Å². The summed E-state index contributed by atoms with van der Waals surface area (Å²) in [5, 5.41) is 11.2. The first kappa shape index (κ1) is 20.7. The maximum atomic E-state index is 4.36. The van der Waals surface area contributed by atoms with E-state index in [4.69, 9.17) is 0 Å². The molecule has 2 atom stereocenters. The Bertz CT molecular complexity index is 475. The maximum absolute atomic E-state index is 4.36. The van der Waals surface area contributed by atoms with Gasteiger partial charge in [0.2, 0.25) is 0 Å². The molecule has 4 nitrogen and oxygen atoms in total. The number of aliphatic imine (C=N–C) groups is 1. The Morgan fingerprint density at radius 3 is 2.78 bits per heavy atom. The van der Waals surface area contributed by atoms with Crippen molar-refractivity contribution in [3.8, 4) is 0 Å². The van der Waals surface area contributed by atoms with E-state index in [-0.39, 0.29) is 29.5 Å². The van der Waals surface area contributed by atoms with Gasteiger partial charge in [-0.05, 0) is 55.2 Å². The predicted molar refractivity (Wildman–Crippen MR) is 112 cm³/mol. The SMILES string of the molecule is CN=C(NCc1ccsc1)NCC1(N(C)C)CCCC(C)C1.I. The third-order valence-electron chi connectivity index (χ3n) is 4.86. The minimum absolute atomic E-state index is 0. The molecule has 0 bridgehead atoms. The molecule has 0 amide bonds. The zero-order valence-electron chi connectivity index (χ0n) is 14.8. The molecule has 1 aromatic heterocycles. The van der Waals surface area contributed by atoms with E-state index in [2.05, 4.69) is 58.4 Å². The van der Waals surface area contributed by atoms with Gasteiger partial charge < -0.3 is 15.5 Å². The van der Waals surface area contributed by atoms with Gasteiger partial charge in [0.15, 0.2) is 5.96 Å². The third kappa shape index (κ3) is 5.90. The van der Waals surface area contributed by atoms with Gasteiger partial charge in [-0.2, -0.15) is 11.3 Å². The van der Waals surface area contributed by atoms with Gasteiger partial charge in [0.25, 0.3) is 0 Å². The van der Waals surface area contributed by atoms with Gasteiger partial charge in [0.1, 0.15) is 0 Å². The van der Waals surface area contributed by atoms with Crippen molar-refractivity contribution in [3.63, 3.8) is 0 Å². The first-order valence-electron chi connectivity index (χ1n) is 8.19. The van der Waals surface area contributed by atoms with Crippen molar-refractivity contribution in [2.45, 2.75) is 44.7 Å². The highest BCUT2D eigenvalue weighted by atomic mass is 127. The van der Waals surface area contributed by atoms with Gasteiger partial charge in [0.05, 0.1) is 0 Å². The molecule has 0 saturated heterocycles. The number of rotatable bonds is 5. The quantitative estimate of drug-likeness (QED) is 0.410. The highest BCUT2D eigenvalue weighted by Crippen LogP contribution is 2.35. The minimum Gasteiger partial charge on any atom is -0.355 e. The van der Waals surface area contributed by atoms with Crippen LogP contribution < -0.4 is 10.6 Å². The molecule has 1 aliphatic rings. The summed E-state index contributed by atoms with van der Waals surface area (Å²) >= 11 is 1.73. The van der Waals surface area contributed by atoms with E-state index < -0.39 is 0 Å². The van der Waals surface area contributed by atoms with E-state index in [0.717, 1.165) is 25.0 Å². The Morgan fingerprint density at radius 2 is 2.22 bits per heavy atom. The van der Waals surface area contributed by atoms with Crippen LogP contribution in [0.5, 0.6) is 0 Å². The fourth-order valence-electron chi connectivity index (χ4n) is 3.41. The average molecular weight is 450 g/mol. The molecule has 1 heterocycles. The second-order valence-electron chi connectivity index (χ2n) is 6.73. The van der Waals surface area contributed by atoms with E-state index in [1.54, 1.807) is 11.3 Å². The van der Waals surface area contributed by atoms with Gasteiger partial charge in [-0.3, -0.25) is 4.99 Å². The van der Waals surface area contributed by atoms with Crippen molar-refractivity contribution in [2.75, 3.05) is 27.7 Å². The molecule has 0 aliphatic heterocycles. The molecule has 2 N–H and O–H groups in total. The van der Waals surface area contributed by atoms with E-state index in [0.29, 0.717) is 0 Å². The molecular formula is C17H31IN4S. The normalized spacial score (nSPS) is 25.1. The van der Waals surface area contributed by atoms with Crippen molar-refractivity contribution in [1.29, 1.82) is 0 Å². The molecule has 0 aromatic carbocycles. The van der Waals surface area contributed by atoms with Crippen LogP contribution in [-0.4, -0.2) is 44.1 Å². The number of thiophene rings is 1. The number of likely N-dealkylation sites (N-methyl/N-ethyl adjacent to an activating group) is 1. The van der Waals surface area contributed by atoms with Crippen molar-refractivity contribution in [1.82, 2.24) is 15.5 Å². The number of hydrogen-bond acceptors (Lipinski definition) is 3. The summed E-state index contributed by atoms with van der Waals surface area (Å²) in [5.74, 6) is 1.70. The molecule has 132 valence electrons. The van der Waals surface area contributed by atoms with Crippen LogP contribution in [0.1, 0.15) is 38.2 Å². The fourth-order valence-corrected chi connectivity index (χ4v) is 4.07.